The second kappa shape index (κ2) is 8.77. The van der Waals surface area contributed by atoms with Crippen LogP contribution in [0.5, 0.6) is 0 Å². The Labute approximate surface area is 197 Å². The van der Waals surface area contributed by atoms with Crippen LogP contribution in [0.15, 0.2) is 59.5 Å². The molecule has 0 aromatic heterocycles. The second-order valence-electron chi connectivity index (χ2n) is 8.05. The summed E-state index contributed by atoms with van der Waals surface area (Å²) in [5, 5.41) is 3.11. The van der Waals surface area contributed by atoms with Crippen LogP contribution in [0.25, 0.3) is 0 Å². The molecule has 0 aliphatic carbocycles. The average molecular weight is 491 g/mol. The predicted octanol–water partition coefficient (Wildman–Crippen LogP) is 1.64. The highest BCUT2D eigenvalue weighted by molar-refractivity contribution is 7.89. The van der Waals surface area contributed by atoms with E-state index in [0.29, 0.717) is 10.6 Å². The number of imide groups is 1. The van der Waals surface area contributed by atoms with E-state index in [4.69, 9.17) is 11.6 Å². The van der Waals surface area contributed by atoms with Gasteiger partial charge in [0.15, 0.2) is 0 Å². The van der Waals surface area contributed by atoms with Crippen molar-refractivity contribution in [2.45, 2.75) is 17.4 Å². The molecule has 2 saturated heterocycles. The summed E-state index contributed by atoms with van der Waals surface area (Å²) in [6, 6.07) is 14.1. The Morgan fingerprint density at radius 2 is 1.61 bits per heavy atom. The first-order valence-electron chi connectivity index (χ1n) is 10.4. The third kappa shape index (κ3) is 4.33. The smallest absolute Gasteiger partial charge is 0.325 e. The van der Waals surface area contributed by atoms with Crippen LogP contribution < -0.4 is 5.32 Å². The molecule has 9 nitrogen and oxygen atoms in total. The van der Waals surface area contributed by atoms with Gasteiger partial charge in [-0.3, -0.25) is 14.5 Å². The first kappa shape index (κ1) is 23.2. The van der Waals surface area contributed by atoms with Crippen molar-refractivity contribution >= 4 is 39.5 Å². The fourth-order valence-corrected chi connectivity index (χ4v) is 5.52. The lowest BCUT2D eigenvalue weighted by atomic mass is 9.92. The highest BCUT2D eigenvalue weighted by atomic mass is 35.5. The number of nitrogens with zero attached hydrogens (tertiary/aromatic N) is 3. The van der Waals surface area contributed by atoms with Crippen molar-refractivity contribution in [2.24, 2.45) is 0 Å². The summed E-state index contributed by atoms with van der Waals surface area (Å²) in [7, 11) is -3.71. The SMILES string of the molecule is CC1(c2ccccc2)NC(=O)N(CC(=O)N2CCN(S(=O)(=O)c3ccc(Cl)cc3)CC2)C1=O. The maximum atomic E-state index is 13.0. The molecule has 2 heterocycles. The zero-order valence-corrected chi connectivity index (χ0v) is 19.5. The van der Waals surface area contributed by atoms with Crippen LogP contribution in [0.1, 0.15) is 12.5 Å². The molecule has 2 fully saturated rings. The largest absolute Gasteiger partial charge is 0.338 e. The molecule has 2 aromatic rings. The topological polar surface area (TPSA) is 107 Å². The Balaban J connectivity index is 1.39. The standard InChI is InChI=1S/C22H23ClN4O5S/c1-22(16-5-3-2-4-6-16)20(29)27(21(30)24-22)15-19(28)25-11-13-26(14-12-25)33(31,32)18-9-7-17(23)8-10-18/h2-10H,11-15H2,1H3,(H,24,30). The molecular weight excluding hydrogens is 468 g/mol. The molecule has 4 rings (SSSR count). The summed E-state index contributed by atoms with van der Waals surface area (Å²) in [6.45, 7) is 1.73. The normalized spacial score (nSPS) is 21.9. The minimum atomic E-state index is -3.71. The molecule has 2 aliphatic rings. The van der Waals surface area contributed by atoms with E-state index in [2.05, 4.69) is 5.32 Å². The number of carbonyl (C=O) groups excluding carboxylic acids is 3. The number of sulfonamides is 1. The lowest BCUT2D eigenvalue weighted by Gasteiger charge is -2.34. The van der Waals surface area contributed by atoms with Gasteiger partial charge in [-0.15, -0.1) is 0 Å². The molecule has 1 unspecified atom stereocenters. The van der Waals surface area contributed by atoms with Gasteiger partial charge in [-0.05, 0) is 36.8 Å². The fourth-order valence-electron chi connectivity index (χ4n) is 3.98. The van der Waals surface area contributed by atoms with Crippen LogP contribution in [0.4, 0.5) is 4.79 Å². The fraction of sp³-hybridized carbons (Fsp3) is 0.318. The second-order valence-corrected chi connectivity index (χ2v) is 10.4. The number of amides is 4. The van der Waals surface area contributed by atoms with Crippen LogP contribution in [-0.4, -0.2) is 73.1 Å². The Morgan fingerprint density at radius 3 is 2.21 bits per heavy atom. The lowest BCUT2D eigenvalue weighted by Crippen LogP contribution is -2.53. The number of hydrogen-bond acceptors (Lipinski definition) is 5. The summed E-state index contributed by atoms with van der Waals surface area (Å²) in [6.07, 6.45) is 0. The highest BCUT2D eigenvalue weighted by Gasteiger charge is 2.49. The van der Waals surface area contributed by atoms with Crippen molar-refractivity contribution in [2.75, 3.05) is 32.7 Å². The van der Waals surface area contributed by atoms with Crippen molar-refractivity contribution in [1.82, 2.24) is 19.4 Å². The molecule has 33 heavy (non-hydrogen) atoms. The quantitative estimate of drug-likeness (QED) is 0.641. The first-order chi connectivity index (χ1) is 15.6. The molecule has 2 aliphatic heterocycles. The van der Waals surface area contributed by atoms with Gasteiger partial charge in [-0.25, -0.2) is 13.2 Å². The molecule has 0 saturated carbocycles. The van der Waals surface area contributed by atoms with Gasteiger partial charge in [-0.2, -0.15) is 4.31 Å². The summed E-state index contributed by atoms with van der Waals surface area (Å²) in [5.41, 5.74) is -0.622. The van der Waals surface area contributed by atoms with E-state index in [0.717, 1.165) is 4.90 Å². The number of halogens is 1. The van der Waals surface area contributed by atoms with E-state index < -0.39 is 40.0 Å². The highest BCUT2D eigenvalue weighted by Crippen LogP contribution is 2.28. The van der Waals surface area contributed by atoms with E-state index >= 15 is 0 Å². The molecular formula is C22H23ClN4O5S. The Bertz CT molecular complexity index is 1180. The zero-order valence-electron chi connectivity index (χ0n) is 17.9. The monoisotopic (exact) mass is 490 g/mol. The van der Waals surface area contributed by atoms with Gasteiger partial charge in [0.05, 0.1) is 4.90 Å². The maximum absolute atomic E-state index is 13.0. The van der Waals surface area contributed by atoms with E-state index in [1.807, 2.05) is 6.07 Å². The van der Waals surface area contributed by atoms with Gasteiger partial charge < -0.3 is 10.2 Å². The maximum Gasteiger partial charge on any atom is 0.325 e. The lowest BCUT2D eigenvalue weighted by molar-refractivity contribution is -0.139. The zero-order chi connectivity index (χ0) is 23.8. The van der Waals surface area contributed by atoms with Crippen LogP contribution >= 0.6 is 11.6 Å². The molecule has 0 radical (unpaired) electrons. The summed E-state index contributed by atoms with van der Waals surface area (Å²) in [4.78, 5) is 40.8. The van der Waals surface area contributed by atoms with Gasteiger partial charge in [-0.1, -0.05) is 41.9 Å². The van der Waals surface area contributed by atoms with Crippen LogP contribution in [-0.2, 0) is 25.2 Å². The van der Waals surface area contributed by atoms with Crippen molar-refractivity contribution < 1.29 is 22.8 Å². The Morgan fingerprint density at radius 1 is 1.00 bits per heavy atom. The minimum absolute atomic E-state index is 0.110. The van der Waals surface area contributed by atoms with Crippen LogP contribution in [0, 0.1) is 0 Å². The first-order valence-corrected chi connectivity index (χ1v) is 12.2. The van der Waals surface area contributed by atoms with E-state index in [9.17, 15) is 22.8 Å². The third-order valence-electron chi connectivity index (χ3n) is 5.96. The molecule has 0 bridgehead atoms. The Hall–Kier alpha value is -2.95. The molecule has 174 valence electrons. The van der Waals surface area contributed by atoms with E-state index in [1.165, 1.54) is 33.5 Å². The number of hydrogen-bond donors (Lipinski definition) is 1. The van der Waals surface area contributed by atoms with Gasteiger partial charge in [0.2, 0.25) is 15.9 Å². The molecule has 1 N–H and O–H groups in total. The van der Waals surface area contributed by atoms with Crippen LogP contribution in [0.2, 0.25) is 5.02 Å². The van der Waals surface area contributed by atoms with Crippen molar-refractivity contribution in [3.8, 4) is 0 Å². The number of piperazine rings is 1. The van der Waals surface area contributed by atoms with Crippen molar-refractivity contribution in [1.29, 1.82) is 0 Å². The molecule has 11 heteroatoms. The molecule has 4 amide bonds. The molecule has 0 spiro atoms. The third-order valence-corrected chi connectivity index (χ3v) is 8.13. The number of nitrogens with one attached hydrogen (secondary N) is 1. The van der Waals surface area contributed by atoms with Crippen LogP contribution in [0.3, 0.4) is 0 Å². The molecule has 1 atom stereocenters. The molecule has 2 aromatic carbocycles. The summed E-state index contributed by atoms with van der Waals surface area (Å²) in [5.74, 6) is -0.921. The van der Waals surface area contributed by atoms with E-state index in [-0.39, 0.29) is 31.1 Å². The van der Waals surface area contributed by atoms with Gasteiger partial charge in [0.1, 0.15) is 12.1 Å². The van der Waals surface area contributed by atoms with Gasteiger partial charge in [0, 0.05) is 31.2 Å². The van der Waals surface area contributed by atoms with Crippen molar-refractivity contribution in [3.05, 3.63) is 65.2 Å². The predicted molar refractivity (Wildman–Crippen MR) is 121 cm³/mol. The average Bonchev–Trinajstić information content (AvgIpc) is 3.04. The summed E-state index contributed by atoms with van der Waals surface area (Å²) < 4.78 is 26.9. The van der Waals surface area contributed by atoms with Gasteiger partial charge in [0.25, 0.3) is 5.91 Å². The van der Waals surface area contributed by atoms with Crippen molar-refractivity contribution in [3.63, 3.8) is 0 Å². The van der Waals surface area contributed by atoms with E-state index in [1.54, 1.807) is 31.2 Å². The minimum Gasteiger partial charge on any atom is -0.338 e. The number of benzene rings is 2. The number of rotatable bonds is 5. The Kier molecular flexibility index (Phi) is 6.17. The number of urea groups is 1. The van der Waals surface area contributed by atoms with Gasteiger partial charge >= 0.3 is 6.03 Å². The number of carbonyl (C=O) groups is 3. The summed E-state index contributed by atoms with van der Waals surface area (Å²) >= 11 is 5.84.